The largest absolute Gasteiger partial charge is 0.370 e. The SMILES string of the molecule is CC(C)C[C@@H]1C[C@H]1C(=O)N1CCCN(c2ccncc2)CC1. The average molecular weight is 301 g/mol. The molecule has 2 aliphatic rings. The molecule has 1 amide bonds. The maximum Gasteiger partial charge on any atom is 0.226 e. The Morgan fingerprint density at radius 3 is 2.73 bits per heavy atom. The van der Waals surface area contributed by atoms with Gasteiger partial charge in [-0.25, -0.2) is 0 Å². The maximum atomic E-state index is 12.6. The molecule has 1 saturated carbocycles. The van der Waals surface area contributed by atoms with Crippen LogP contribution in [0.1, 0.15) is 33.1 Å². The lowest BCUT2D eigenvalue weighted by molar-refractivity contribution is -0.132. The minimum absolute atomic E-state index is 0.315. The lowest BCUT2D eigenvalue weighted by atomic mass is 10.1. The van der Waals surface area contributed by atoms with E-state index in [1.165, 1.54) is 12.1 Å². The van der Waals surface area contributed by atoms with Crippen molar-refractivity contribution in [1.29, 1.82) is 0 Å². The highest BCUT2D eigenvalue weighted by molar-refractivity contribution is 5.81. The molecule has 1 saturated heterocycles. The Balaban J connectivity index is 1.54. The molecule has 0 N–H and O–H groups in total. The predicted octanol–water partition coefficient (Wildman–Crippen LogP) is 2.80. The van der Waals surface area contributed by atoms with E-state index in [4.69, 9.17) is 0 Å². The Morgan fingerprint density at radius 2 is 2.00 bits per heavy atom. The minimum atomic E-state index is 0.315. The Kier molecular flexibility index (Phi) is 4.65. The highest BCUT2D eigenvalue weighted by Crippen LogP contribution is 2.44. The van der Waals surface area contributed by atoms with E-state index in [1.807, 2.05) is 12.4 Å². The number of amides is 1. The minimum Gasteiger partial charge on any atom is -0.370 e. The van der Waals surface area contributed by atoms with Crippen LogP contribution in [0.3, 0.4) is 0 Å². The van der Waals surface area contributed by atoms with Crippen molar-refractivity contribution in [3.05, 3.63) is 24.5 Å². The van der Waals surface area contributed by atoms with Crippen LogP contribution < -0.4 is 4.90 Å². The lowest BCUT2D eigenvalue weighted by Crippen LogP contribution is -2.36. The first-order chi connectivity index (χ1) is 10.6. The summed E-state index contributed by atoms with van der Waals surface area (Å²) < 4.78 is 0. The van der Waals surface area contributed by atoms with Crippen LogP contribution in [0.25, 0.3) is 0 Å². The van der Waals surface area contributed by atoms with Gasteiger partial charge in [0.2, 0.25) is 5.91 Å². The van der Waals surface area contributed by atoms with Crippen LogP contribution in [0, 0.1) is 17.8 Å². The summed E-state index contributed by atoms with van der Waals surface area (Å²) in [7, 11) is 0. The number of rotatable bonds is 4. The predicted molar refractivity (Wildman–Crippen MR) is 88.7 cm³/mol. The Hall–Kier alpha value is -1.58. The third-order valence-electron chi connectivity index (χ3n) is 4.85. The molecule has 2 fully saturated rings. The van der Waals surface area contributed by atoms with Crippen LogP contribution in [0.15, 0.2) is 24.5 Å². The fourth-order valence-electron chi connectivity index (χ4n) is 3.60. The van der Waals surface area contributed by atoms with Crippen LogP contribution >= 0.6 is 0 Å². The van der Waals surface area contributed by atoms with E-state index in [2.05, 4.69) is 40.8 Å². The van der Waals surface area contributed by atoms with Gasteiger partial charge in [0.05, 0.1) is 0 Å². The fourth-order valence-corrected chi connectivity index (χ4v) is 3.60. The zero-order chi connectivity index (χ0) is 15.5. The highest BCUT2D eigenvalue weighted by atomic mass is 16.2. The van der Waals surface area contributed by atoms with Gasteiger partial charge in [-0.1, -0.05) is 13.8 Å². The smallest absolute Gasteiger partial charge is 0.226 e. The molecule has 2 heterocycles. The monoisotopic (exact) mass is 301 g/mol. The van der Waals surface area contributed by atoms with E-state index in [-0.39, 0.29) is 0 Å². The summed E-state index contributed by atoms with van der Waals surface area (Å²) in [6.07, 6.45) is 7.04. The third kappa shape index (κ3) is 3.60. The molecule has 22 heavy (non-hydrogen) atoms. The van der Waals surface area contributed by atoms with Crippen molar-refractivity contribution in [1.82, 2.24) is 9.88 Å². The molecule has 0 aromatic carbocycles. The van der Waals surface area contributed by atoms with Gasteiger partial charge in [0.25, 0.3) is 0 Å². The quantitative estimate of drug-likeness (QED) is 0.858. The molecule has 0 radical (unpaired) electrons. The second kappa shape index (κ2) is 6.67. The van der Waals surface area contributed by atoms with Gasteiger partial charge in [-0.05, 0) is 43.2 Å². The molecule has 1 aliphatic carbocycles. The number of nitrogens with zero attached hydrogens (tertiary/aromatic N) is 3. The van der Waals surface area contributed by atoms with Crippen molar-refractivity contribution in [2.45, 2.75) is 33.1 Å². The molecule has 4 nitrogen and oxygen atoms in total. The van der Waals surface area contributed by atoms with Crippen molar-refractivity contribution in [2.75, 3.05) is 31.1 Å². The van der Waals surface area contributed by atoms with Crippen molar-refractivity contribution >= 4 is 11.6 Å². The van der Waals surface area contributed by atoms with Gasteiger partial charge in [0.1, 0.15) is 0 Å². The van der Waals surface area contributed by atoms with Crippen molar-refractivity contribution in [3.8, 4) is 0 Å². The Bertz CT molecular complexity index is 502. The maximum absolute atomic E-state index is 12.6. The summed E-state index contributed by atoms with van der Waals surface area (Å²) in [4.78, 5) is 21.2. The second-order valence-electron chi connectivity index (χ2n) is 7.10. The van der Waals surface area contributed by atoms with E-state index in [0.29, 0.717) is 23.7 Å². The first kappa shape index (κ1) is 15.3. The summed E-state index contributed by atoms with van der Waals surface area (Å²) in [5.41, 5.74) is 1.22. The van der Waals surface area contributed by atoms with Gasteiger partial charge in [-0.15, -0.1) is 0 Å². The summed E-state index contributed by atoms with van der Waals surface area (Å²) in [6.45, 7) is 8.21. The summed E-state index contributed by atoms with van der Waals surface area (Å²) >= 11 is 0. The first-order valence-corrected chi connectivity index (χ1v) is 8.59. The van der Waals surface area contributed by atoms with Gasteiger partial charge < -0.3 is 9.80 Å². The Morgan fingerprint density at radius 1 is 1.23 bits per heavy atom. The molecule has 0 unspecified atom stereocenters. The average Bonchev–Trinajstić information content (AvgIpc) is 3.29. The molecule has 0 bridgehead atoms. The van der Waals surface area contributed by atoms with Gasteiger partial charge in [-0.2, -0.15) is 0 Å². The van der Waals surface area contributed by atoms with Gasteiger partial charge in [-0.3, -0.25) is 9.78 Å². The van der Waals surface area contributed by atoms with E-state index in [0.717, 1.165) is 39.0 Å². The summed E-state index contributed by atoms with van der Waals surface area (Å²) in [5, 5.41) is 0. The van der Waals surface area contributed by atoms with E-state index >= 15 is 0 Å². The molecule has 1 aliphatic heterocycles. The molecule has 4 heteroatoms. The number of carbonyl (C=O) groups excluding carboxylic acids is 1. The molecular formula is C18H27N3O. The molecular weight excluding hydrogens is 274 g/mol. The van der Waals surface area contributed by atoms with Crippen LogP contribution in [-0.4, -0.2) is 42.0 Å². The van der Waals surface area contributed by atoms with Gasteiger partial charge in [0.15, 0.2) is 0 Å². The molecule has 0 spiro atoms. The second-order valence-corrected chi connectivity index (χ2v) is 7.10. The van der Waals surface area contributed by atoms with Crippen LogP contribution in [0.4, 0.5) is 5.69 Å². The number of carbonyl (C=O) groups is 1. The third-order valence-corrected chi connectivity index (χ3v) is 4.85. The Labute approximate surface area is 133 Å². The van der Waals surface area contributed by atoms with Crippen molar-refractivity contribution in [3.63, 3.8) is 0 Å². The molecule has 3 rings (SSSR count). The zero-order valence-corrected chi connectivity index (χ0v) is 13.7. The number of anilines is 1. The number of hydrogen-bond donors (Lipinski definition) is 0. The van der Waals surface area contributed by atoms with Crippen molar-refractivity contribution in [2.24, 2.45) is 17.8 Å². The standard InChI is InChI=1S/C18H27N3O/c1-14(2)12-15-13-17(15)18(22)21-9-3-8-20(10-11-21)16-4-6-19-7-5-16/h4-7,14-15,17H,3,8-13H2,1-2H3/t15-,17-/m1/s1. The molecule has 2 atom stereocenters. The van der Waals surface area contributed by atoms with E-state index in [1.54, 1.807) is 0 Å². The fraction of sp³-hybridized carbons (Fsp3) is 0.667. The molecule has 1 aromatic rings. The first-order valence-electron chi connectivity index (χ1n) is 8.59. The number of aromatic nitrogens is 1. The normalized spacial score (nSPS) is 25.2. The van der Waals surface area contributed by atoms with Crippen molar-refractivity contribution < 1.29 is 4.79 Å². The molecule has 120 valence electrons. The van der Waals surface area contributed by atoms with Gasteiger partial charge >= 0.3 is 0 Å². The number of hydrogen-bond acceptors (Lipinski definition) is 3. The topological polar surface area (TPSA) is 36.4 Å². The highest BCUT2D eigenvalue weighted by Gasteiger charge is 2.44. The molecule has 1 aromatic heterocycles. The van der Waals surface area contributed by atoms with Gasteiger partial charge in [0, 0.05) is 50.2 Å². The summed E-state index contributed by atoms with van der Waals surface area (Å²) in [5.74, 6) is 2.07. The van der Waals surface area contributed by atoms with Crippen LogP contribution in [-0.2, 0) is 4.79 Å². The van der Waals surface area contributed by atoms with E-state index in [9.17, 15) is 4.79 Å². The lowest BCUT2D eigenvalue weighted by Gasteiger charge is -2.23. The van der Waals surface area contributed by atoms with E-state index < -0.39 is 0 Å². The summed E-state index contributed by atoms with van der Waals surface area (Å²) in [6, 6.07) is 4.11. The number of pyridine rings is 1. The zero-order valence-electron chi connectivity index (χ0n) is 13.7. The van der Waals surface area contributed by atoms with Crippen LogP contribution in [0.2, 0.25) is 0 Å². The van der Waals surface area contributed by atoms with Crippen LogP contribution in [0.5, 0.6) is 0 Å².